The molecule has 0 unspecified atom stereocenters. The average Bonchev–Trinajstić information content (AvgIpc) is 3.21. The first kappa shape index (κ1) is 13.4. The van der Waals surface area contributed by atoms with E-state index < -0.39 is 0 Å². The standard InChI is InChI=1S/C17H16N2O3/c20-8-12-6-7-14(22-12)13-9-21-17-15(18-10-19-16(13)17)11-4-2-1-3-5-11/h1-5,9-10,12,14,20H,6-8H2/t12-,14+/m0/s1. The van der Waals surface area contributed by atoms with Crippen LogP contribution in [-0.2, 0) is 4.74 Å². The summed E-state index contributed by atoms with van der Waals surface area (Å²) in [6.45, 7) is 0.0521. The molecule has 0 radical (unpaired) electrons. The van der Waals surface area contributed by atoms with Crippen LogP contribution in [0, 0.1) is 0 Å². The van der Waals surface area contributed by atoms with Gasteiger partial charge < -0.3 is 14.3 Å². The molecule has 5 nitrogen and oxygen atoms in total. The second-order valence-electron chi connectivity index (χ2n) is 5.46. The van der Waals surface area contributed by atoms with Crippen molar-refractivity contribution in [1.29, 1.82) is 0 Å². The molecule has 1 aliphatic rings. The van der Waals surface area contributed by atoms with Gasteiger partial charge in [0.2, 0.25) is 0 Å². The van der Waals surface area contributed by atoms with Crippen molar-refractivity contribution in [1.82, 2.24) is 9.97 Å². The van der Waals surface area contributed by atoms with Crippen LogP contribution in [0.1, 0.15) is 24.5 Å². The number of nitrogens with zero attached hydrogens (tertiary/aromatic N) is 2. The van der Waals surface area contributed by atoms with E-state index in [-0.39, 0.29) is 18.8 Å². The van der Waals surface area contributed by atoms with E-state index >= 15 is 0 Å². The number of fused-ring (bicyclic) bond motifs is 1. The van der Waals surface area contributed by atoms with Gasteiger partial charge in [-0.3, -0.25) is 0 Å². The van der Waals surface area contributed by atoms with Crippen LogP contribution in [0.3, 0.4) is 0 Å². The highest BCUT2D eigenvalue weighted by Gasteiger charge is 2.29. The van der Waals surface area contributed by atoms with Crippen LogP contribution in [0.25, 0.3) is 22.4 Å². The van der Waals surface area contributed by atoms with Crippen molar-refractivity contribution in [3.8, 4) is 11.3 Å². The van der Waals surface area contributed by atoms with E-state index in [1.807, 2.05) is 30.3 Å². The highest BCUT2D eigenvalue weighted by Crippen LogP contribution is 2.38. The maximum absolute atomic E-state index is 9.21. The largest absolute Gasteiger partial charge is 0.460 e. The zero-order valence-corrected chi connectivity index (χ0v) is 12.0. The molecule has 1 N–H and O–H groups in total. The van der Waals surface area contributed by atoms with E-state index in [1.165, 1.54) is 0 Å². The molecule has 4 rings (SSSR count). The highest BCUT2D eigenvalue weighted by molar-refractivity contribution is 5.89. The van der Waals surface area contributed by atoms with E-state index in [9.17, 15) is 5.11 Å². The quantitative estimate of drug-likeness (QED) is 0.804. The minimum atomic E-state index is -0.0922. The molecule has 3 aromatic rings. The number of ether oxygens (including phenoxy) is 1. The maximum Gasteiger partial charge on any atom is 0.178 e. The summed E-state index contributed by atoms with van der Waals surface area (Å²) in [6.07, 6.45) is 4.82. The summed E-state index contributed by atoms with van der Waals surface area (Å²) in [6, 6.07) is 9.91. The molecule has 2 aromatic heterocycles. The van der Waals surface area contributed by atoms with Crippen molar-refractivity contribution in [3.63, 3.8) is 0 Å². The van der Waals surface area contributed by atoms with Crippen molar-refractivity contribution < 1.29 is 14.3 Å². The third kappa shape index (κ3) is 2.19. The second-order valence-corrected chi connectivity index (χ2v) is 5.46. The number of benzene rings is 1. The summed E-state index contributed by atoms with van der Waals surface area (Å²) in [5.74, 6) is 0. The normalized spacial score (nSPS) is 21.5. The smallest absolute Gasteiger partial charge is 0.178 e. The van der Waals surface area contributed by atoms with Crippen LogP contribution in [0.2, 0.25) is 0 Å². The molecule has 112 valence electrons. The van der Waals surface area contributed by atoms with Crippen LogP contribution in [0.5, 0.6) is 0 Å². The Morgan fingerprint density at radius 1 is 1.14 bits per heavy atom. The summed E-state index contributed by atoms with van der Waals surface area (Å²) >= 11 is 0. The van der Waals surface area contributed by atoms with E-state index in [1.54, 1.807) is 12.6 Å². The zero-order chi connectivity index (χ0) is 14.9. The van der Waals surface area contributed by atoms with Gasteiger partial charge in [-0.15, -0.1) is 0 Å². The Hall–Kier alpha value is -2.24. The summed E-state index contributed by atoms with van der Waals surface area (Å²) in [5.41, 5.74) is 4.19. The van der Waals surface area contributed by atoms with Gasteiger partial charge in [0, 0.05) is 11.1 Å². The molecular weight excluding hydrogens is 280 g/mol. The number of aliphatic hydroxyl groups excluding tert-OH is 1. The van der Waals surface area contributed by atoms with Crippen LogP contribution in [0.15, 0.2) is 47.3 Å². The Balaban J connectivity index is 1.78. The lowest BCUT2D eigenvalue weighted by molar-refractivity contribution is 0.0112. The number of aromatic nitrogens is 2. The molecule has 0 spiro atoms. The van der Waals surface area contributed by atoms with Gasteiger partial charge in [-0.25, -0.2) is 9.97 Å². The second kappa shape index (κ2) is 5.51. The molecule has 1 saturated heterocycles. The fourth-order valence-corrected chi connectivity index (χ4v) is 2.97. The van der Waals surface area contributed by atoms with Gasteiger partial charge in [0.25, 0.3) is 0 Å². The highest BCUT2D eigenvalue weighted by atomic mass is 16.5. The van der Waals surface area contributed by atoms with Gasteiger partial charge in [-0.2, -0.15) is 0 Å². The third-order valence-corrected chi connectivity index (χ3v) is 4.09. The average molecular weight is 296 g/mol. The maximum atomic E-state index is 9.21. The summed E-state index contributed by atoms with van der Waals surface area (Å²) < 4.78 is 11.6. The van der Waals surface area contributed by atoms with E-state index in [4.69, 9.17) is 9.15 Å². The number of hydrogen-bond donors (Lipinski definition) is 1. The van der Waals surface area contributed by atoms with Crippen molar-refractivity contribution in [2.75, 3.05) is 6.61 Å². The molecule has 0 bridgehead atoms. The number of rotatable bonds is 3. The molecule has 5 heteroatoms. The van der Waals surface area contributed by atoms with Crippen molar-refractivity contribution >= 4 is 11.1 Å². The zero-order valence-electron chi connectivity index (χ0n) is 12.0. The van der Waals surface area contributed by atoms with E-state index in [2.05, 4.69) is 9.97 Å². The SMILES string of the molecule is OC[C@@H]1CC[C@H](c2coc3c(-c4ccccc4)ncnc23)O1. The first-order chi connectivity index (χ1) is 10.9. The Morgan fingerprint density at radius 2 is 2.00 bits per heavy atom. The number of furan rings is 1. The monoisotopic (exact) mass is 296 g/mol. The van der Waals surface area contributed by atoms with Crippen molar-refractivity contribution in [2.24, 2.45) is 0 Å². The first-order valence-corrected chi connectivity index (χ1v) is 7.40. The van der Waals surface area contributed by atoms with Crippen LogP contribution < -0.4 is 0 Å². The van der Waals surface area contributed by atoms with Gasteiger partial charge >= 0.3 is 0 Å². The van der Waals surface area contributed by atoms with Crippen LogP contribution in [-0.4, -0.2) is 27.8 Å². The lowest BCUT2D eigenvalue weighted by atomic mass is 10.1. The lowest BCUT2D eigenvalue weighted by Gasteiger charge is -2.10. The Kier molecular flexibility index (Phi) is 3.36. The van der Waals surface area contributed by atoms with Gasteiger partial charge in [0.05, 0.1) is 25.1 Å². The van der Waals surface area contributed by atoms with Gasteiger partial charge in [0.15, 0.2) is 5.58 Å². The van der Waals surface area contributed by atoms with E-state index in [0.29, 0.717) is 5.58 Å². The summed E-state index contributed by atoms with van der Waals surface area (Å²) in [4.78, 5) is 8.74. The third-order valence-electron chi connectivity index (χ3n) is 4.09. The van der Waals surface area contributed by atoms with E-state index in [0.717, 1.165) is 35.2 Å². The minimum Gasteiger partial charge on any atom is -0.460 e. The van der Waals surface area contributed by atoms with Crippen molar-refractivity contribution in [2.45, 2.75) is 25.0 Å². The van der Waals surface area contributed by atoms with Crippen molar-refractivity contribution in [3.05, 3.63) is 48.5 Å². The number of aliphatic hydroxyl groups is 1. The molecule has 22 heavy (non-hydrogen) atoms. The fourth-order valence-electron chi connectivity index (χ4n) is 2.97. The first-order valence-electron chi connectivity index (χ1n) is 7.40. The van der Waals surface area contributed by atoms with Crippen LogP contribution in [0.4, 0.5) is 0 Å². The van der Waals surface area contributed by atoms with Gasteiger partial charge in [-0.1, -0.05) is 30.3 Å². The molecule has 2 atom stereocenters. The Labute approximate surface area is 127 Å². The molecule has 1 aromatic carbocycles. The molecule has 1 fully saturated rings. The molecule has 1 aliphatic heterocycles. The van der Waals surface area contributed by atoms with Crippen LogP contribution >= 0.6 is 0 Å². The topological polar surface area (TPSA) is 68.4 Å². The Morgan fingerprint density at radius 3 is 2.77 bits per heavy atom. The summed E-state index contributed by atoms with van der Waals surface area (Å²) in [7, 11) is 0. The molecule has 0 amide bonds. The molecular formula is C17H16N2O3. The number of hydrogen-bond acceptors (Lipinski definition) is 5. The van der Waals surface area contributed by atoms with Gasteiger partial charge in [-0.05, 0) is 12.8 Å². The lowest BCUT2D eigenvalue weighted by Crippen LogP contribution is -2.10. The predicted molar refractivity (Wildman–Crippen MR) is 81.2 cm³/mol. The Bertz CT molecular complexity index is 785. The molecule has 3 heterocycles. The van der Waals surface area contributed by atoms with Gasteiger partial charge in [0.1, 0.15) is 17.5 Å². The predicted octanol–water partition coefficient (Wildman–Crippen LogP) is 3.10. The molecule has 0 aliphatic carbocycles. The molecule has 0 saturated carbocycles. The summed E-state index contributed by atoms with van der Waals surface area (Å²) in [5, 5.41) is 9.21. The fraction of sp³-hybridized carbons (Fsp3) is 0.294. The minimum absolute atomic E-state index is 0.0521.